The predicted octanol–water partition coefficient (Wildman–Crippen LogP) is 5.87. The van der Waals surface area contributed by atoms with Gasteiger partial charge < -0.3 is 15.0 Å². The molecule has 2 amide bonds. The number of hydrogen-bond acceptors (Lipinski definition) is 6. The van der Waals surface area contributed by atoms with Crippen LogP contribution in [0.2, 0.25) is 0 Å². The monoisotopic (exact) mass is 629 g/mol. The summed E-state index contributed by atoms with van der Waals surface area (Å²) >= 11 is 1.49. The van der Waals surface area contributed by atoms with Crippen molar-refractivity contribution in [2.75, 3.05) is 30.3 Å². The van der Waals surface area contributed by atoms with Crippen molar-refractivity contribution in [1.29, 1.82) is 0 Å². The van der Waals surface area contributed by atoms with Crippen LogP contribution in [0.1, 0.15) is 45.6 Å². The lowest BCUT2D eigenvalue weighted by molar-refractivity contribution is -0.140. The Labute approximate surface area is 258 Å². The second kappa shape index (κ2) is 16.3. The summed E-state index contributed by atoms with van der Waals surface area (Å²) in [6.07, 6.45) is 3.87. The number of benzene rings is 3. The Hall–Kier alpha value is -3.57. The van der Waals surface area contributed by atoms with Crippen molar-refractivity contribution in [3.8, 4) is 5.75 Å². The maximum Gasteiger partial charge on any atom is 0.264 e. The van der Waals surface area contributed by atoms with Crippen LogP contribution in [0.25, 0.3) is 0 Å². The lowest BCUT2D eigenvalue weighted by Crippen LogP contribution is -2.52. The number of sulfonamides is 1. The molecule has 3 aromatic carbocycles. The molecule has 0 saturated heterocycles. The third-order valence-corrected chi connectivity index (χ3v) is 9.38. The largest absolute Gasteiger partial charge is 0.494 e. The molecule has 0 unspecified atom stereocenters. The molecular formula is C32H40FN3O5S2. The van der Waals surface area contributed by atoms with Gasteiger partial charge in [-0.05, 0) is 92.2 Å². The third-order valence-electron chi connectivity index (χ3n) is 6.84. The molecule has 0 fully saturated rings. The normalized spacial score (nSPS) is 11.9. The average Bonchev–Trinajstić information content (AvgIpc) is 3.01. The number of halogens is 1. The topological polar surface area (TPSA) is 96.0 Å². The number of carbonyl (C=O) groups excluding carboxylic acids is 2. The molecule has 43 heavy (non-hydrogen) atoms. The molecule has 3 rings (SSSR count). The van der Waals surface area contributed by atoms with E-state index in [2.05, 4.69) is 5.32 Å². The SMILES string of the molecule is CCCCNC(=O)[C@@H](CC)N(Cc1ccc(F)cc1)C(=O)CN(c1ccc(OCC)cc1)S(=O)(=O)c1ccc(SC)cc1. The van der Waals surface area contributed by atoms with Crippen LogP contribution in [-0.2, 0) is 26.2 Å². The van der Waals surface area contributed by atoms with Gasteiger partial charge in [0.15, 0.2) is 0 Å². The Bertz CT molecular complexity index is 1430. The molecule has 0 aromatic heterocycles. The molecule has 1 N–H and O–H groups in total. The minimum atomic E-state index is -4.20. The van der Waals surface area contributed by atoms with Gasteiger partial charge in [-0.2, -0.15) is 0 Å². The van der Waals surface area contributed by atoms with Crippen LogP contribution in [0.4, 0.5) is 10.1 Å². The number of unbranched alkanes of at least 4 members (excludes halogenated alkanes) is 1. The minimum Gasteiger partial charge on any atom is -0.494 e. The minimum absolute atomic E-state index is 0.00158. The standard InChI is InChI=1S/C32H40FN3O5S2/c1-5-8-21-34-32(38)30(6-2)35(22-24-9-11-25(33)12-10-24)31(37)23-36(26-13-15-27(16-14-26)41-7-3)43(39,40)29-19-17-28(42-4)18-20-29/h9-20,30H,5-8,21-23H2,1-4H3,(H,34,38)/t30-/m1/s1. The van der Waals surface area contributed by atoms with Crippen molar-refractivity contribution < 1.29 is 27.1 Å². The van der Waals surface area contributed by atoms with Gasteiger partial charge in [0.1, 0.15) is 24.2 Å². The highest BCUT2D eigenvalue weighted by molar-refractivity contribution is 7.98. The van der Waals surface area contributed by atoms with Crippen LogP contribution < -0.4 is 14.4 Å². The molecule has 0 aliphatic heterocycles. The second-order valence-electron chi connectivity index (χ2n) is 9.83. The van der Waals surface area contributed by atoms with Crippen LogP contribution in [0.5, 0.6) is 5.75 Å². The van der Waals surface area contributed by atoms with Crippen molar-refractivity contribution in [3.63, 3.8) is 0 Å². The van der Waals surface area contributed by atoms with E-state index in [1.807, 2.05) is 20.1 Å². The summed E-state index contributed by atoms with van der Waals surface area (Å²) in [5.41, 5.74) is 0.880. The van der Waals surface area contributed by atoms with Gasteiger partial charge >= 0.3 is 0 Å². The Kier molecular flexibility index (Phi) is 12.9. The smallest absolute Gasteiger partial charge is 0.264 e. The van der Waals surface area contributed by atoms with Crippen molar-refractivity contribution in [1.82, 2.24) is 10.2 Å². The van der Waals surface area contributed by atoms with E-state index in [0.29, 0.717) is 30.9 Å². The number of carbonyl (C=O) groups is 2. The zero-order valence-electron chi connectivity index (χ0n) is 25.1. The molecule has 0 bridgehead atoms. The van der Waals surface area contributed by atoms with E-state index >= 15 is 0 Å². The summed E-state index contributed by atoms with van der Waals surface area (Å²) < 4.78 is 48.3. The first kappa shape index (κ1) is 33.9. The second-order valence-corrected chi connectivity index (χ2v) is 12.6. The van der Waals surface area contributed by atoms with E-state index in [9.17, 15) is 22.4 Å². The summed E-state index contributed by atoms with van der Waals surface area (Å²) in [6, 6.07) is 17.7. The maximum absolute atomic E-state index is 14.1. The van der Waals surface area contributed by atoms with E-state index in [-0.39, 0.29) is 23.0 Å². The molecule has 0 spiro atoms. The van der Waals surface area contributed by atoms with E-state index in [4.69, 9.17) is 4.74 Å². The summed E-state index contributed by atoms with van der Waals surface area (Å²) in [6.45, 7) is 6.00. The zero-order valence-corrected chi connectivity index (χ0v) is 26.7. The number of anilines is 1. The Morgan fingerprint density at radius 2 is 1.60 bits per heavy atom. The number of thioether (sulfide) groups is 1. The number of ether oxygens (including phenoxy) is 1. The molecule has 0 saturated carbocycles. The fraction of sp³-hybridized carbons (Fsp3) is 0.375. The number of amides is 2. The molecule has 0 aliphatic rings. The lowest BCUT2D eigenvalue weighted by Gasteiger charge is -2.33. The quantitative estimate of drug-likeness (QED) is 0.157. The summed E-state index contributed by atoms with van der Waals surface area (Å²) in [4.78, 5) is 29.7. The summed E-state index contributed by atoms with van der Waals surface area (Å²) in [7, 11) is -4.20. The fourth-order valence-corrected chi connectivity index (χ4v) is 6.31. The van der Waals surface area contributed by atoms with Crippen molar-refractivity contribution >= 4 is 39.3 Å². The molecule has 1 atom stereocenters. The Balaban J connectivity index is 2.04. The van der Waals surface area contributed by atoms with Crippen LogP contribution in [0.3, 0.4) is 0 Å². The van der Waals surface area contributed by atoms with Crippen LogP contribution >= 0.6 is 11.8 Å². The molecular weight excluding hydrogens is 590 g/mol. The zero-order chi connectivity index (χ0) is 31.4. The van der Waals surface area contributed by atoms with Crippen molar-refractivity contribution in [2.45, 2.75) is 62.4 Å². The van der Waals surface area contributed by atoms with E-state index in [1.54, 1.807) is 55.5 Å². The molecule has 3 aromatic rings. The first-order valence-corrected chi connectivity index (χ1v) is 17.0. The maximum atomic E-state index is 14.1. The van der Waals surface area contributed by atoms with Crippen LogP contribution in [0.15, 0.2) is 82.6 Å². The molecule has 0 heterocycles. The predicted molar refractivity (Wildman–Crippen MR) is 169 cm³/mol. The van der Waals surface area contributed by atoms with Gasteiger partial charge in [0.2, 0.25) is 11.8 Å². The highest BCUT2D eigenvalue weighted by Gasteiger charge is 2.33. The molecule has 0 aliphatic carbocycles. The van der Waals surface area contributed by atoms with Gasteiger partial charge in [0.05, 0.1) is 17.2 Å². The summed E-state index contributed by atoms with van der Waals surface area (Å²) in [5.74, 6) is -0.757. The number of rotatable bonds is 16. The van der Waals surface area contributed by atoms with E-state index in [0.717, 1.165) is 22.0 Å². The first-order valence-electron chi connectivity index (χ1n) is 14.4. The van der Waals surface area contributed by atoms with Gasteiger partial charge in [-0.25, -0.2) is 12.8 Å². The van der Waals surface area contributed by atoms with Gasteiger partial charge in [0.25, 0.3) is 10.0 Å². The van der Waals surface area contributed by atoms with Gasteiger partial charge in [-0.1, -0.05) is 32.4 Å². The Morgan fingerprint density at radius 3 is 2.16 bits per heavy atom. The van der Waals surface area contributed by atoms with Crippen LogP contribution in [-0.4, -0.2) is 57.1 Å². The Morgan fingerprint density at radius 1 is 0.953 bits per heavy atom. The van der Waals surface area contributed by atoms with Crippen LogP contribution in [0, 0.1) is 5.82 Å². The van der Waals surface area contributed by atoms with Crippen molar-refractivity contribution in [2.24, 2.45) is 0 Å². The number of nitrogens with one attached hydrogen (secondary N) is 1. The highest BCUT2D eigenvalue weighted by Crippen LogP contribution is 2.28. The van der Waals surface area contributed by atoms with Gasteiger partial charge in [-0.15, -0.1) is 11.8 Å². The first-order chi connectivity index (χ1) is 20.6. The molecule has 11 heteroatoms. The highest BCUT2D eigenvalue weighted by atomic mass is 32.2. The third kappa shape index (κ3) is 9.21. The van der Waals surface area contributed by atoms with Gasteiger partial charge in [-0.3, -0.25) is 13.9 Å². The lowest BCUT2D eigenvalue weighted by atomic mass is 10.1. The van der Waals surface area contributed by atoms with E-state index in [1.165, 1.54) is 40.9 Å². The molecule has 8 nitrogen and oxygen atoms in total. The summed E-state index contributed by atoms with van der Waals surface area (Å²) in [5, 5.41) is 2.89. The molecule has 232 valence electrons. The van der Waals surface area contributed by atoms with E-state index < -0.39 is 34.3 Å². The number of hydrogen-bond donors (Lipinski definition) is 1. The fourth-order valence-electron chi connectivity index (χ4n) is 4.49. The average molecular weight is 630 g/mol. The van der Waals surface area contributed by atoms with Crippen molar-refractivity contribution in [3.05, 3.63) is 84.2 Å². The van der Waals surface area contributed by atoms with Gasteiger partial charge in [0, 0.05) is 18.0 Å². The molecule has 0 radical (unpaired) electrons. The number of nitrogens with zero attached hydrogens (tertiary/aromatic N) is 2.